The van der Waals surface area contributed by atoms with Gasteiger partial charge in [-0.2, -0.15) is 5.10 Å². The minimum Gasteiger partial charge on any atom is -0.279 e. The van der Waals surface area contributed by atoms with E-state index in [9.17, 15) is 0 Å². The summed E-state index contributed by atoms with van der Waals surface area (Å²) in [5, 5.41) is 8.17. The zero-order valence-electron chi connectivity index (χ0n) is 8.71. The third-order valence-electron chi connectivity index (χ3n) is 2.12. The highest BCUT2D eigenvalue weighted by molar-refractivity contribution is 7.98. The summed E-state index contributed by atoms with van der Waals surface area (Å²) in [5.41, 5.74) is 2.48. The number of fused-ring (bicyclic) bond motifs is 1. The number of rotatable bonds is 2. The molecule has 2 aromatic rings. The number of aromatic nitrogens is 4. The van der Waals surface area contributed by atoms with Crippen LogP contribution in [0.1, 0.15) is 25.5 Å². The standard InChI is InChI=1S/C9H11ClN4S/c1-4(2)5-6-7(14-13-5)8(10)12-9(11-6)15-3/h4H,1-3H3,(H,13,14). The minimum atomic E-state index is 0.343. The lowest BCUT2D eigenvalue weighted by atomic mass is 10.1. The Balaban J connectivity index is 2.72. The van der Waals surface area contributed by atoms with E-state index in [0.29, 0.717) is 21.7 Å². The number of hydrogen-bond donors (Lipinski definition) is 1. The second-order valence-electron chi connectivity index (χ2n) is 3.49. The van der Waals surface area contributed by atoms with Crippen LogP contribution in [0.15, 0.2) is 5.16 Å². The molecule has 0 fully saturated rings. The Morgan fingerprint density at radius 2 is 2.00 bits per heavy atom. The predicted octanol–water partition coefficient (Wildman–Crippen LogP) is 2.85. The number of halogens is 1. The van der Waals surface area contributed by atoms with Crippen LogP contribution in [0.25, 0.3) is 11.0 Å². The fraction of sp³-hybridized carbons (Fsp3) is 0.444. The molecule has 0 aliphatic rings. The molecule has 2 aromatic heterocycles. The molecule has 2 heterocycles. The first kappa shape index (κ1) is 10.7. The van der Waals surface area contributed by atoms with Crippen molar-refractivity contribution in [2.75, 3.05) is 6.26 Å². The third-order valence-corrected chi connectivity index (χ3v) is 2.94. The molecule has 0 atom stereocenters. The molecule has 0 aromatic carbocycles. The van der Waals surface area contributed by atoms with Crippen molar-refractivity contribution in [3.8, 4) is 0 Å². The molecule has 0 amide bonds. The van der Waals surface area contributed by atoms with Crippen LogP contribution in [-0.4, -0.2) is 26.4 Å². The largest absolute Gasteiger partial charge is 0.279 e. The molecule has 6 heteroatoms. The van der Waals surface area contributed by atoms with Gasteiger partial charge in [-0.1, -0.05) is 37.2 Å². The van der Waals surface area contributed by atoms with E-state index >= 15 is 0 Å². The summed E-state index contributed by atoms with van der Waals surface area (Å²) in [6.07, 6.45) is 1.92. The Bertz CT molecular complexity index is 494. The van der Waals surface area contributed by atoms with Crippen molar-refractivity contribution >= 4 is 34.4 Å². The van der Waals surface area contributed by atoms with E-state index in [0.717, 1.165) is 11.2 Å². The lowest BCUT2D eigenvalue weighted by Crippen LogP contribution is -1.92. The van der Waals surface area contributed by atoms with Crippen molar-refractivity contribution in [2.24, 2.45) is 0 Å². The van der Waals surface area contributed by atoms with Gasteiger partial charge in [-0.05, 0) is 12.2 Å². The van der Waals surface area contributed by atoms with Crippen LogP contribution < -0.4 is 0 Å². The maximum Gasteiger partial charge on any atom is 0.189 e. The van der Waals surface area contributed by atoms with Gasteiger partial charge in [-0.25, -0.2) is 9.97 Å². The molecule has 80 valence electrons. The maximum atomic E-state index is 6.01. The summed E-state index contributed by atoms with van der Waals surface area (Å²) in [6.45, 7) is 4.17. The Kier molecular flexibility index (Phi) is 2.84. The normalized spacial score (nSPS) is 11.5. The van der Waals surface area contributed by atoms with E-state index < -0.39 is 0 Å². The molecule has 2 rings (SSSR count). The fourth-order valence-corrected chi connectivity index (χ4v) is 1.99. The number of H-pyrrole nitrogens is 1. The molecule has 0 spiro atoms. The third kappa shape index (κ3) is 1.81. The summed E-state index contributed by atoms with van der Waals surface area (Å²) < 4.78 is 0. The summed E-state index contributed by atoms with van der Waals surface area (Å²) in [6, 6.07) is 0. The summed E-state index contributed by atoms with van der Waals surface area (Å²) >= 11 is 7.49. The smallest absolute Gasteiger partial charge is 0.189 e. The van der Waals surface area contributed by atoms with Crippen LogP contribution >= 0.6 is 23.4 Å². The first-order valence-electron chi connectivity index (χ1n) is 4.59. The number of hydrogen-bond acceptors (Lipinski definition) is 4. The van der Waals surface area contributed by atoms with Gasteiger partial charge in [-0.3, -0.25) is 5.10 Å². The first-order valence-corrected chi connectivity index (χ1v) is 6.19. The van der Waals surface area contributed by atoms with E-state index in [2.05, 4.69) is 34.0 Å². The molecule has 0 unspecified atom stereocenters. The second kappa shape index (κ2) is 3.98. The van der Waals surface area contributed by atoms with Crippen molar-refractivity contribution in [3.05, 3.63) is 10.8 Å². The predicted molar refractivity (Wildman–Crippen MR) is 62.6 cm³/mol. The quantitative estimate of drug-likeness (QED) is 0.500. The van der Waals surface area contributed by atoms with Crippen LogP contribution in [0, 0.1) is 0 Å². The van der Waals surface area contributed by atoms with Gasteiger partial charge < -0.3 is 0 Å². The van der Waals surface area contributed by atoms with Gasteiger partial charge in [0, 0.05) is 0 Å². The van der Waals surface area contributed by atoms with Gasteiger partial charge >= 0.3 is 0 Å². The van der Waals surface area contributed by atoms with E-state index in [1.807, 2.05) is 6.26 Å². The maximum absolute atomic E-state index is 6.01. The summed E-state index contributed by atoms with van der Waals surface area (Å²) in [7, 11) is 0. The van der Waals surface area contributed by atoms with Gasteiger partial charge in [0.25, 0.3) is 0 Å². The SMILES string of the molecule is CSc1nc(Cl)c2n[nH]c(C(C)C)c2n1. The van der Waals surface area contributed by atoms with Gasteiger partial charge in [0.1, 0.15) is 11.0 Å². The van der Waals surface area contributed by atoms with Gasteiger partial charge in [0.15, 0.2) is 10.3 Å². The molecule has 15 heavy (non-hydrogen) atoms. The molecular formula is C9H11ClN4S. The van der Waals surface area contributed by atoms with Crippen LogP contribution in [0.4, 0.5) is 0 Å². The van der Waals surface area contributed by atoms with Crippen molar-refractivity contribution in [1.29, 1.82) is 0 Å². The second-order valence-corrected chi connectivity index (χ2v) is 4.62. The molecule has 0 bridgehead atoms. The highest BCUT2D eigenvalue weighted by atomic mass is 35.5. The summed E-state index contributed by atoms with van der Waals surface area (Å²) in [5.74, 6) is 0.343. The molecule has 0 aliphatic carbocycles. The van der Waals surface area contributed by atoms with Crippen molar-refractivity contribution in [3.63, 3.8) is 0 Å². The molecular weight excluding hydrogens is 232 g/mol. The first-order chi connectivity index (χ1) is 7.13. The van der Waals surface area contributed by atoms with E-state index in [4.69, 9.17) is 11.6 Å². The Labute approximate surface area is 96.8 Å². The zero-order valence-corrected chi connectivity index (χ0v) is 10.3. The van der Waals surface area contributed by atoms with E-state index in [1.54, 1.807) is 0 Å². The molecule has 0 saturated carbocycles. The number of nitrogens with zero attached hydrogens (tertiary/aromatic N) is 3. The average Bonchev–Trinajstić information content (AvgIpc) is 2.61. The Hall–Kier alpha value is -0.810. The lowest BCUT2D eigenvalue weighted by Gasteiger charge is -2.01. The average molecular weight is 243 g/mol. The lowest BCUT2D eigenvalue weighted by molar-refractivity contribution is 0.814. The van der Waals surface area contributed by atoms with Crippen LogP contribution in [-0.2, 0) is 0 Å². The topological polar surface area (TPSA) is 54.5 Å². The van der Waals surface area contributed by atoms with Crippen LogP contribution in [0.3, 0.4) is 0 Å². The number of aromatic amines is 1. The highest BCUT2D eigenvalue weighted by Gasteiger charge is 2.14. The summed E-state index contributed by atoms with van der Waals surface area (Å²) in [4.78, 5) is 8.54. The highest BCUT2D eigenvalue weighted by Crippen LogP contribution is 2.26. The Morgan fingerprint density at radius 1 is 1.27 bits per heavy atom. The fourth-order valence-electron chi connectivity index (χ4n) is 1.36. The van der Waals surface area contributed by atoms with Crippen LogP contribution in [0.2, 0.25) is 5.15 Å². The minimum absolute atomic E-state index is 0.343. The monoisotopic (exact) mass is 242 g/mol. The molecule has 0 saturated heterocycles. The molecule has 0 radical (unpaired) electrons. The zero-order chi connectivity index (χ0) is 11.0. The molecule has 0 aliphatic heterocycles. The van der Waals surface area contributed by atoms with Crippen molar-refractivity contribution in [2.45, 2.75) is 24.9 Å². The number of thioether (sulfide) groups is 1. The number of nitrogens with one attached hydrogen (secondary N) is 1. The van der Waals surface area contributed by atoms with Crippen LogP contribution in [0.5, 0.6) is 0 Å². The van der Waals surface area contributed by atoms with E-state index in [-0.39, 0.29) is 0 Å². The van der Waals surface area contributed by atoms with Gasteiger partial charge in [0.05, 0.1) is 5.69 Å². The van der Waals surface area contributed by atoms with Crippen molar-refractivity contribution in [1.82, 2.24) is 20.2 Å². The van der Waals surface area contributed by atoms with E-state index in [1.165, 1.54) is 11.8 Å². The van der Waals surface area contributed by atoms with Gasteiger partial charge in [0.2, 0.25) is 0 Å². The molecule has 1 N–H and O–H groups in total. The van der Waals surface area contributed by atoms with Gasteiger partial charge in [-0.15, -0.1) is 0 Å². The van der Waals surface area contributed by atoms with Crippen molar-refractivity contribution < 1.29 is 0 Å². The molecule has 4 nitrogen and oxygen atoms in total. The Morgan fingerprint density at radius 3 is 2.60 bits per heavy atom.